The summed E-state index contributed by atoms with van der Waals surface area (Å²) in [5.41, 5.74) is 0.927. The van der Waals surface area contributed by atoms with Crippen LogP contribution in [0.2, 0.25) is 0 Å². The molecule has 6 heteroatoms. The topological polar surface area (TPSA) is 55.2 Å². The number of methoxy groups -OCH3 is 1. The van der Waals surface area contributed by atoms with E-state index in [1.54, 1.807) is 18.0 Å². The van der Waals surface area contributed by atoms with Gasteiger partial charge in [-0.15, -0.1) is 0 Å². The highest BCUT2D eigenvalue weighted by Gasteiger charge is 2.07. The predicted molar refractivity (Wildman–Crippen MR) is 94.9 cm³/mol. The summed E-state index contributed by atoms with van der Waals surface area (Å²) in [6, 6.07) is 12.1. The number of rotatable bonds is 5. The van der Waals surface area contributed by atoms with Gasteiger partial charge in [0.2, 0.25) is 4.77 Å². The second kappa shape index (κ2) is 6.75. The molecule has 1 aromatic heterocycles. The van der Waals surface area contributed by atoms with Crippen LogP contribution in [0.5, 0.6) is 5.75 Å². The molecule has 3 aromatic rings. The number of hydrogen-bond donors (Lipinski definition) is 1. The van der Waals surface area contributed by atoms with Crippen LogP contribution in [0.4, 0.5) is 0 Å². The van der Waals surface area contributed by atoms with Crippen molar-refractivity contribution in [1.29, 1.82) is 0 Å². The normalized spacial score (nSPS) is 11.4. The Hall–Kier alpha value is -2.47. The maximum absolute atomic E-state index is 5.48. The van der Waals surface area contributed by atoms with E-state index in [0.29, 0.717) is 4.77 Å². The fourth-order valence-electron chi connectivity index (χ4n) is 2.53. The number of ether oxygens (including phenoxy) is 1. The van der Waals surface area contributed by atoms with Crippen LogP contribution in [-0.2, 0) is 6.42 Å². The summed E-state index contributed by atoms with van der Waals surface area (Å²) >= 11 is 5.26. The van der Waals surface area contributed by atoms with E-state index in [9.17, 15) is 0 Å². The summed E-state index contributed by atoms with van der Waals surface area (Å²) in [6.07, 6.45) is 3.58. The average Bonchev–Trinajstić information content (AvgIpc) is 2.93. The lowest BCUT2D eigenvalue weighted by molar-refractivity contribution is 0.415. The van der Waals surface area contributed by atoms with E-state index in [1.165, 1.54) is 0 Å². The highest BCUT2D eigenvalue weighted by Crippen LogP contribution is 2.26. The second-order valence-electron chi connectivity index (χ2n) is 5.15. The number of nitrogens with zero attached hydrogens (tertiary/aromatic N) is 3. The Morgan fingerprint density at radius 1 is 1.30 bits per heavy atom. The molecule has 1 N–H and O–H groups in total. The summed E-state index contributed by atoms with van der Waals surface area (Å²) in [6.45, 7) is 2.10. The Morgan fingerprint density at radius 3 is 2.91 bits per heavy atom. The highest BCUT2D eigenvalue weighted by atomic mass is 32.1. The van der Waals surface area contributed by atoms with E-state index in [0.717, 1.165) is 40.8 Å². The van der Waals surface area contributed by atoms with Gasteiger partial charge in [-0.1, -0.05) is 37.3 Å². The minimum Gasteiger partial charge on any atom is -0.496 e. The third kappa shape index (κ3) is 3.03. The molecule has 0 unspecified atom stereocenters. The van der Waals surface area contributed by atoms with Gasteiger partial charge < -0.3 is 4.74 Å². The first-order valence-corrected chi connectivity index (χ1v) is 7.91. The van der Waals surface area contributed by atoms with Crippen LogP contribution < -0.4 is 4.74 Å². The number of fused-ring (bicyclic) bond motifs is 1. The molecule has 0 saturated heterocycles. The van der Waals surface area contributed by atoms with Gasteiger partial charge in [-0.3, -0.25) is 5.10 Å². The van der Waals surface area contributed by atoms with Crippen LogP contribution in [0.25, 0.3) is 10.8 Å². The minimum atomic E-state index is 0.490. The Balaban J connectivity index is 2.11. The molecule has 0 aliphatic heterocycles. The Bertz CT molecular complexity index is 910. The molecule has 0 aliphatic carbocycles. The zero-order valence-corrected chi connectivity index (χ0v) is 13.9. The molecule has 3 rings (SSSR count). The van der Waals surface area contributed by atoms with E-state index in [2.05, 4.69) is 34.4 Å². The van der Waals surface area contributed by atoms with Gasteiger partial charge in [-0.05, 0) is 35.5 Å². The Labute approximate surface area is 139 Å². The second-order valence-corrected chi connectivity index (χ2v) is 5.54. The minimum absolute atomic E-state index is 0.490. The molecule has 0 radical (unpaired) electrons. The Kier molecular flexibility index (Phi) is 4.52. The van der Waals surface area contributed by atoms with Crippen molar-refractivity contribution in [3.8, 4) is 5.75 Å². The Morgan fingerprint density at radius 2 is 2.13 bits per heavy atom. The van der Waals surface area contributed by atoms with E-state index in [1.807, 2.05) is 24.3 Å². The van der Waals surface area contributed by atoms with Crippen LogP contribution in [0.15, 0.2) is 41.5 Å². The summed E-state index contributed by atoms with van der Waals surface area (Å²) in [7, 11) is 1.66. The molecule has 0 bridgehead atoms. The summed E-state index contributed by atoms with van der Waals surface area (Å²) in [4.78, 5) is 0. The maximum Gasteiger partial charge on any atom is 0.216 e. The molecule has 0 saturated carbocycles. The molecule has 0 spiro atoms. The lowest BCUT2D eigenvalue weighted by Crippen LogP contribution is -2.00. The van der Waals surface area contributed by atoms with Gasteiger partial charge >= 0.3 is 0 Å². The molecule has 0 atom stereocenters. The summed E-state index contributed by atoms with van der Waals surface area (Å²) in [5, 5.41) is 13.8. The van der Waals surface area contributed by atoms with Crippen molar-refractivity contribution < 1.29 is 4.74 Å². The van der Waals surface area contributed by atoms with Crippen molar-refractivity contribution in [2.45, 2.75) is 19.8 Å². The third-order valence-corrected chi connectivity index (χ3v) is 3.91. The SMILES string of the molecule is CCCc1n[nH]c(=S)n1/N=C/c1c(OC)ccc2ccccc12. The smallest absolute Gasteiger partial charge is 0.216 e. The number of nitrogens with one attached hydrogen (secondary N) is 1. The molecule has 1 heterocycles. The monoisotopic (exact) mass is 326 g/mol. The fourth-order valence-corrected chi connectivity index (χ4v) is 2.73. The molecular weight excluding hydrogens is 308 g/mol. The van der Waals surface area contributed by atoms with E-state index >= 15 is 0 Å². The average molecular weight is 326 g/mol. The number of aromatic amines is 1. The van der Waals surface area contributed by atoms with Gasteiger partial charge in [-0.25, -0.2) is 0 Å². The number of benzene rings is 2. The van der Waals surface area contributed by atoms with Crippen LogP contribution in [0, 0.1) is 4.77 Å². The molecule has 0 aliphatic rings. The maximum atomic E-state index is 5.48. The molecule has 23 heavy (non-hydrogen) atoms. The predicted octanol–water partition coefficient (Wildman–Crippen LogP) is 3.94. The van der Waals surface area contributed by atoms with Gasteiger partial charge in [0.25, 0.3) is 0 Å². The standard InChI is InChI=1S/C17H18N4OS/c1-3-6-16-19-20-17(23)21(16)18-11-14-13-8-5-4-7-12(13)9-10-15(14)22-2/h4-5,7-11H,3,6H2,1-2H3,(H,20,23)/b18-11+. The zero-order chi connectivity index (χ0) is 16.2. The largest absolute Gasteiger partial charge is 0.496 e. The van der Waals surface area contributed by atoms with Crippen LogP contribution in [-0.4, -0.2) is 28.2 Å². The number of aryl methyl sites for hydroxylation is 1. The van der Waals surface area contributed by atoms with Gasteiger partial charge in [-0.2, -0.15) is 14.9 Å². The van der Waals surface area contributed by atoms with Crippen molar-refractivity contribution in [2.24, 2.45) is 5.10 Å². The molecule has 0 fully saturated rings. The van der Waals surface area contributed by atoms with Crippen molar-refractivity contribution in [1.82, 2.24) is 14.9 Å². The van der Waals surface area contributed by atoms with Crippen molar-refractivity contribution in [3.05, 3.63) is 52.6 Å². The lowest BCUT2D eigenvalue weighted by Gasteiger charge is -2.08. The van der Waals surface area contributed by atoms with Gasteiger partial charge in [0.05, 0.1) is 13.3 Å². The van der Waals surface area contributed by atoms with E-state index in [4.69, 9.17) is 17.0 Å². The lowest BCUT2D eigenvalue weighted by atomic mass is 10.0. The number of hydrogen-bond acceptors (Lipinski definition) is 4. The van der Waals surface area contributed by atoms with Crippen LogP contribution >= 0.6 is 12.2 Å². The summed E-state index contributed by atoms with van der Waals surface area (Å²) < 4.78 is 7.64. The fraction of sp³-hybridized carbons (Fsp3) is 0.235. The molecular formula is C17H18N4OS. The van der Waals surface area contributed by atoms with Crippen molar-refractivity contribution in [3.63, 3.8) is 0 Å². The molecule has 5 nitrogen and oxygen atoms in total. The third-order valence-electron chi connectivity index (χ3n) is 3.64. The first kappa shape index (κ1) is 15.4. The van der Waals surface area contributed by atoms with Crippen LogP contribution in [0.1, 0.15) is 24.7 Å². The van der Waals surface area contributed by atoms with Crippen molar-refractivity contribution in [2.75, 3.05) is 7.11 Å². The zero-order valence-electron chi connectivity index (χ0n) is 13.1. The van der Waals surface area contributed by atoms with Gasteiger partial charge in [0.1, 0.15) is 5.75 Å². The number of H-pyrrole nitrogens is 1. The highest BCUT2D eigenvalue weighted by molar-refractivity contribution is 7.71. The molecule has 0 amide bonds. The first-order valence-electron chi connectivity index (χ1n) is 7.51. The first-order chi connectivity index (χ1) is 11.2. The molecule has 118 valence electrons. The van der Waals surface area contributed by atoms with Crippen LogP contribution in [0.3, 0.4) is 0 Å². The van der Waals surface area contributed by atoms with Crippen molar-refractivity contribution >= 4 is 29.2 Å². The van der Waals surface area contributed by atoms with Gasteiger partial charge in [0.15, 0.2) is 5.82 Å². The molecule has 2 aromatic carbocycles. The van der Waals surface area contributed by atoms with E-state index in [-0.39, 0.29) is 0 Å². The summed E-state index contributed by atoms with van der Waals surface area (Å²) in [5.74, 6) is 1.60. The quantitative estimate of drug-likeness (QED) is 0.571. The number of aromatic nitrogens is 3. The van der Waals surface area contributed by atoms with E-state index < -0.39 is 0 Å². The van der Waals surface area contributed by atoms with Gasteiger partial charge in [0, 0.05) is 12.0 Å².